The molecule has 1 N–H and O–H groups in total. The Hall–Kier alpha value is -0.810. The first-order valence-corrected chi connectivity index (χ1v) is 6.77. The molecular weight excluding hydrogens is 232 g/mol. The summed E-state index contributed by atoms with van der Waals surface area (Å²) in [4.78, 5) is 0. The van der Waals surface area contributed by atoms with Crippen molar-refractivity contribution in [2.24, 2.45) is 0 Å². The van der Waals surface area contributed by atoms with Crippen LogP contribution >= 0.6 is 0 Å². The van der Waals surface area contributed by atoms with Crippen LogP contribution in [0.3, 0.4) is 0 Å². The predicted molar refractivity (Wildman–Crippen MR) is 61.6 cm³/mol. The lowest BCUT2D eigenvalue weighted by Gasteiger charge is -2.05. The average Bonchev–Trinajstić information content (AvgIpc) is 2.20. The van der Waals surface area contributed by atoms with Gasteiger partial charge in [-0.25, -0.2) is 8.78 Å². The van der Waals surface area contributed by atoms with E-state index in [-0.39, 0.29) is 0 Å². The van der Waals surface area contributed by atoms with E-state index >= 15 is 0 Å². The second kappa shape index (κ2) is 6.70. The summed E-state index contributed by atoms with van der Waals surface area (Å²) >= 11 is 0. The van der Waals surface area contributed by atoms with Crippen molar-refractivity contribution >= 4 is 10.8 Å². The lowest BCUT2D eigenvalue weighted by Crippen LogP contribution is -2.17. The Kier molecular flexibility index (Phi) is 5.55. The van der Waals surface area contributed by atoms with Gasteiger partial charge in [-0.15, -0.1) is 0 Å². The van der Waals surface area contributed by atoms with Gasteiger partial charge < -0.3 is 5.32 Å². The van der Waals surface area contributed by atoms with Crippen LogP contribution in [0.1, 0.15) is 12.0 Å². The summed E-state index contributed by atoms with van der Waals surface area (Å²) in [6.07, 6.45) is 2.44. The van der Waals surface area contributed by atoms with Gasteiger partial charge in [-0.2, -0.15) is 0 Å². The van der Waals surface area contributed by atoms with E-state index in [1.807, 2.05) is 0 Å². The normalized spacial score (nSPS) is 12.7. The highest BCUT2D eigenvalue weighted by atomic mass is 32.2. The summed E-state index contributed by atoms with van der Waals surface area (Å²) in [5.41, 5.74) is 0.444. The van der Waals surface area contributed by atoms with Crippen LogP contribution in [0, 0.1) is 11.6 Å². The van der Waals surface area contributed by atoms with E-state index in [2.05, 4.69) is 5.32 Å². The van der Waals surface area contributed by atoms with Crippen LogP contribution in [0.25, 0.3) is 0 Å². The molecule has 0 aliphatic rings. The Balaban J connectivity index is 2.29. The first-order valence-electron chi connectivity index (χ1n) is 5.04. The first kappa shape index (κ1) is 13.3. The van der Waals surface area contributed by atoms with Gasteiger partial charge >= 0.3 is 0 Å². The fourth-order valence-corrected chi connectivity index (χ4v) is 1.84. The molecule has 0 aliphatic heterocycles. The summed E-state index contributed by atoms with van der Waals surface area (Å²) in [7, 11) is -0.785. The van der Waals surface area contributed by atoms with E-state index in [0.717, 1.165) is 12.5 Å². The third-order valence-electron chi connectivity index (χ3n) is 2.12. The van der Waals surface area contributed by atoms with E-state index in [1.54, 1.807) is 6.26 Å². The Morgan fingerprint density at radius 1 is 1.38 bits per heavy atom. The zero-order chi connectivity index (χ0) is 12.0. The summed E-state index contributed by atoms with van der Waals surface area (Å²) < 4.78 is 36.5. The Labute approximate surface area is 96.5 Å². The molecule has 1 aromatic rings. The van der Waals surface area contributed by atoms with Gasteiger partial charge in [-0.1, -0.05) is 6.07 Å². The Morgan fingerprint density at radius 2 is 2.12 bits per heavy atom. The lowest BCUT2D eigenvalue weighted by atomic mass is 10.2. The van der Waals surface area contributed by atoms with Crippen molar-refractivity contribution in [2.45, 2.75) is 13.0 Å². The van der Waals surface area contributed by atoms with Gasteiger partial charge in [0.25, 0.3) is 0 Å². The van der Waals surface area contributed by atoms with Gasteiger partial charge in [0.05, 0.1) is 0 Å². The minimum atomic E-state index is -0.785. The van der Waals surface area contributed by atoms with Crippen LogP contribution in [0.2, 0.25) is 0 Å². The van der Waals surface area contributed by atoms with E-state index in [0.29, 0.717) is 24.4 Å². The molecule has 1 unspecified atom stereocenters. The zero-order valence-electron chi connectivity index (χ0n) is 9.13. The summed E-state index contributed by atoms with van der Waals surface area (Å²) in [6.45, 7) is 1.04. The fraction of sp³-hybridized carbons (Fsp3) is 0.455. The molecule has 16 heavy (non-hydrogen) atoms. The van der Waals surface area contributed by atoms with Crippen molar-refractivity contribution in [3.63, 3.8) is 0 Å². The van der Waals surface area contributed by atoms with Gasteiger partial charge in [0.1, 0.15) is 11.6 Å². The van der Waals surface area contributed by atoms with Crippen LogP contribution in [0.5, 0.6) is 0 Å². The monoisotopic (exact) mass is 247 g/mol. The number of halogens is 2. The minimum Gasteiger partial charge on any atom is -0.313 e. The summed E-state index contributed by atoms with van der Waals surface area (Å²) in [5.74, 6) is -0.465. The molecule has 0 fully saturated rings. The zero-order valence-corrected chi connectivity index (χ0v) is 9.95. The third-order valence-corrected chi connectivity index (χ3v) is 2.98. The summed E-state index contributed by atoms with van der Waals surface area (Å²) in [5, 5.41) is 3.02. The maximum Gasteiger partial charge on any atom is 0.130 e. The highest BCUT2D eigenvalue weighted by Crippen LogP contribution is 2.08. The topological polar surface area (TPSA) is 29.1 Å². The molecule has 0 amide bonds. The van der Waals surface area contributed by atoms with Crippen molar-refractivity contribution in [2.75, 3.05) is 18.6 Å². The number of nitrogens with one attached hydrogen (secondary N) is 1. The van der Waals surface area contributed by atoms with Crippen molar-refractivity contribution in [3.05, 3.63) is 35.4 Å². The SMILES string of the molecule is CS(=O)CCCNCc1ccc(F)cc1F. The third kappa shape index (κ3) is 4.81. The molecule has 0 heterocycles. The fourth-order valence-electron chi connectivity index (χ4n) is 1.29. The molecular formula is C11H15F2NOS. The predicted octanol–water partition coefficient (Wildman–Crippen LogP) is 1.82. The quantitative estimate of drug-likeness (QED) is 0.777. The molecule has 0 saturated heterocycles. The molecule has 2 nitrogen and oxygen atoms in total. The molecule has 90 valence electrons. The maximum atomic E-state index is 13.2. The summed E-state index contributed by atoms with van der Waals surface area (Å²) in [6, 6.07) is 3.54. The highest BCUT2D eigenvalue weighted by molar-refractivity contribution is 7.84. The number of hydrogen-bond donors (Lipinski definition) is 1. The standard InChI is InChI=1S/C11H15F2NOS/c1-16(15)6-2-5-14-8-9-3-4-10(12)7-11(9)13/h3-4,7,14H,2,5-6,8H2,1H3. The average molecular weight is 247 g/mol. The van der Waals surface area contributed by atoms with Crippen molar-refractivity contribution in [3.8, 4) is 0 Å². The number of rotatable bonds is 6. The second-order valence-corrected chi connectivity index (χ2v) is 5.10. The Bertz CT molecular complexity index is 371. The molecule has 0 aliphatic carbocycles. The van der Waals surface area contributed by atoms with Crippen LogP contribution in [0.15, 0.2) is 18.2 Å². The maximum absolute atomic E-state index is 13.2. The second-order valence-electron chi connectivity index (χ2n) is 3.54. The van der Waals surface area contributed by atoms with Crippen LogP contribution in [-0.2, 0) is 17.3 Å². The molecule has 0 aromatic heterocycles. The van der Waals surface area contributed by atoms with Crippen molar-refractivity contribution < 1.29 is 13.0 Å². The molecule has 1 rings (SSSR count). The van der Waals surface area contributed by atoms with Gasteiger partial charge in [-0.3, -0.25) is 4.21 Å². The van der Waals surface area contributed by atoms with E-state index < -0.39 is 22.4 Å². The van der Waals surface area contributed by atoms with Gasteiger partial charge in [0, 0.05) is 41.0 Å². The van der Waals surface area contributed by atoms with Crippen molar-refractivity contribution in [1.29, 1.82) is 0 Å². The molecule has 0 radical (unpaired) electrons. The molecule has 0 spiro atoms. The number of benzene rings is 1. The smallest absolute Gasteiger partial charge is 0.130 e. The largest absolute Gasteiger partial charge is 0.313 e. The van der Waals surface area contributed by atoms with Crippen molar-refractivity contribution in [1.82, 2.24) is 5.32 Å². The molecule has 0 bridgehead atoms. The van der Waals surface area contributed by atoms with Gasteiger partial charge in [0.2, 0.25) is 0 Å². The molecule has 1 atom stereocenters. The molecule has 1 aromatic carbocycles. The number of hydrogen-bond acceptors (Lipinski definition) is 2. The van der Waals surface area contributed by atoms with Crippen LogP contribution in [0.4, 0.5) is 8.78 Å². The van der Waals surface area contributed by atoms with E-state index in [1.165, 1.54) is 12.1 Å². The highest BCUT2D eigenvalue weighted by Gasteiger charge is 2.02. The Morgan fingerprint density at radius 3 is 2.75 bits per heavy atom. The van der Waals surface area contributed by atoms with E-state index in [4.69, 9.17) is 0 Å². The molecule has 0 saturated carbocycles. The lowest BCUT2D eigenvalue weighted by molar-refractivity contribution is 0.559. The van der Waals surface area contributed by atoms with E-state index in [9.17, 15) is 13.0 Å². The van der Waals surface area contributed by atoms with Gasteiger partial charge in [-0.05, 0) is 19.0 Å². The molecule has 5 heteroatoms. The van der Waals surface area contributed by atoms with Crippen LogP contribution in [-0.4, -0.2) is 22.8 Å². The van der Waals surface area contributed by atoms with Crippen LogP contribution < -0.4 is 5.32 Å². The first-order chi connectivity index (χ1) is 7.59. The minimum absolute atomic E-state index is 0.364. The van der Waals surface area contributed by atoms with Gasteiger partial charge in [0.15, 0.2) is 0 Å².